The molecule has 0 spiro atoms. The Morgan fingerprint density at radius 3 is 3.17 bits per heavy atom. The van der Waals surface area contributed by atoms with Crippen LogP contribution in [-0.4, -0.2) is 35.8 Å². The number of hydrogen-bond acceptors (Lipinski definition) is 3. The van der Waals surface area contributed by atoms with Crippen molar-refractivity contribution >= 4 is 6.09 Å². The number of carbonyl (C=O) groups is 1. The van der Waals surface area contributed by atoms with Crippen LogP contribution < -0.4 is 0 Å². The molecule has 0 aromatic heterocycles. The number of carbonyl (C=O) groups excluding carboxylic acids is 1. The predicted octanol–water partition coefficient (Wildman–Crippen LogP) is 1.07. The Hall–Kier alpha value is -1.45. The normalized spacial score (nSPS) is 15.7. The molecule has 0 atom stereocenters. The maximum atomic E-state index is 11.1. The molecule has 12 heavy (non-hydrogen) atoms. The van der Waals surface area contributed by atoms with Crippen LogP contribution in [0.2, 0.25) is 0 Å². The molecule has 0 aromatic rings. The van der Waals surface area contributed by atoms with Crippen molar-refractivity contribution in [3.05, 3.63) is 24.5 Å². The molecular weight excluding hydrogens is 158 g/mol. The van der Waals surface area contributed by atoms with Crippen LogP contribution >= 0.6 is 0 Å². The van der Waals surface area contributed by atoms with Gasteiger partial charge in [-0.25, -0.2) is 4.79 Å². The van der Waals surface area contributed by atoms with E-state index in [0.29, 0.717) is 6.54 Å². The van der Waals surface area contributed by atoms with E-state index in [9.17, 15) is 4.79 Å². The molecule has 0 saturated carbocycles. The fourth-order valence-electron chi connectivity index (χ4n) is 0.901. The van der Waals surface area contributed by atoms with E-state index in [1.165, 1.54) is 11.0 Å². The summed E-state index contributed by atoms with van der Waals surface area (Å²) < 4.78 is 4.75. The summed E-state index contributed by atoms with van der Waals surface area (Å²) >= 11 is 0. The van der Waals surface area contributed by atoms with Crippen LogP contribution in [0.1, 0.15) is 0 Å². The Labute approximate surface area is 70.7 Å². The maximum Gasteiger partial charge on any atom is 0.410 e. The van der Waals surface area contributed by atoms with Crippen molar-refractivity contribution in [3.8, 4) is 0 Å². The van der Waals surface area contributed by atoms with E-state index in [4.69, 9.17) is 9.84 Å². The van der Waals surface area contributed by atoms with Crippen LogP contribution in [0.4, 0.5) is 4.79 Å². The highest BCUT2D eigenvalue weighted by atomic mass is 16.6. The zero-order chi connectivity index (χ0) is 8.97. The third kappa shape index (κ3) is 2.02. The van der Waals surface area contributed by atoms with Crippen molar-refractivity contribution in [2.45, 2.75) is 0 Å². The summed E-state index contributed by atoms with van der Waals surface area (Å²) in [5.74, 6) is 0.213. The molecule has 0 aromatic carbocycles. The van der Waals surface area contributed by atoms with Gasteiger partial charge < -0.3 is 9.84 Å². The number of nitrogens with zero attached hydrogens (tertiary/aromatic N) is 1. The van der Waals surface area contributed by atoms with Crippen molar-refractivity contribution in [3.63, 3.8) is 0 Å². The average molecular weight is 169 g/mol. The molecule has 1 amide bonds. The lowest BCUT2D eigenvalue weighted by atomic mass is 10.5. The molecule has 1 heterocycles. The summed E-state index contributed by atoms with van der Waals surface area (Å²) in [4.78, 5) is 12.5. The minimum absolute atomic E-state index is 0.204. The van der Waals surface area contributed by atoms with E-state index >= 15 is 0 Å². The largest absolute Gasteiger partial charge is 0.511 e. The van der Waals surface area contributed by atoms with E-state index in [1.807, 2.05) is 0 Å². The van der Waals surface area contributed by atoms with Crippen molar-refractivity contribution < 1.29 is 14.6 Å². The van der Waals surface area contributed by atoms with Gasteiger partial charge in [0.1, 0.15) is 12.4 Å². The van der Waals surface area contributed by atoms with Crippen LogP contribution in [0.25, 0.3) is 0 Å². The highest BCUT2D eigenvalue weighted by molar-refractivity contribution is 5.68. The van der Waals surface area contributed by atoms with Crippen molar-refractivity contribution in [2.75, 3.05) is 19.7 Å². The monoisotopic (exact) mass is 169 g/mol. The lowest BCUT2D eigenvalue weighted by molar-refractivity contribution is 0.120. The summed E-state index contributed by atoms with van der Waals surface area (Å²) in [6, 6.07) is 0. The number of ether oxygens (including phenoxy) is 1. The third-order valence-corrected chi connectivity index (χ3v) is 1.48. The highest BCUT2D eigenvalue weighted by Gasteiger charge is 2.19. The number of aliphatic hydroxyl groups excluding tert-OH is 1. The summed E-state index contributed by atoms with van der Waals surface area (Å²) in [5.41, 5.74) is 0. The van der Waals surface area contributed by atoms with Crippen LogP contribution in [-0.2, 0) is 4.74 Å². The summed E-state index contributed by atoms with van der Waals surface area (Å²) in [6.07, 6.45) is 2.66. The Balaban J connectivity index is 2.30. The molecule has 66 valence electrons. The van der Waals surface area contributed by atoms with Gasteiger partial charge in [-0.15, -0.1) is 0 Å². The van der Waals surface area contributed by atoms with Gasteiger partial charge in [-0.05, 0) is 6.08 Å². The molecule has 1 aliphatic heterocycles. The second kappa shape index (κ2) is 3.80. The highest BCUT2D eigenvalue weighted by Crippen LogP contribution is 2.06. The van der Waals surface area contributed by atoms with E-state index in [-0.39, 0.29) is 18.9 Å². The Morgan fingerprint density at radius 2 is 2.67 bits per heavy atom. The Bertz CT molecular complexity index is 222. The van der Waals surface area contributed by atoms with Gasteiger partial charge in [0.15, 0.2) is 0 Å². The molecule has 4 nitrogen and oxygen atoms in total. The number of amides is 1. The lowest BCUT2D eigenvalue weighted by Crippen LogP contribution is -2.29. The molecular formula is C8H11NO3. The fraction of sp³-hybridized carbons (Fsp3) is 0.375. The van der Waals surface area contributed by atoms with Gasteiger partial charge in [-0.1, -0.05) is 12.7 Å². The van der Waals surface area contributed by atoms with E-state index in [1.54, 1.807) is 6.08 Å². The van der Waals surface area contributed by atoms with Gasteiger partial charge in [0.25, 0.3) is 0 Å². The molecule has 0 fully saturated rings. The first-order valence-corrected chi connectivity index (χ1v) is 3.64. The minimum atomic E-state index is -0.421. The molecule has 1 rings (SSSR count). The maximum absolute atomic E-state index is 11.1. The molecule has 0 aliphatic carbocycles. The van der Waals surface area contributed by atoms with Gasteiger partial charge in [-0.3, -0.25) is 4.90 Å². The fourth-order valence-corrected chi connectivity index (χ4v) is 0.901. The first kappa shape index (κ1) is 8.64. The van der Waals surface area contributed by atoms with Gasteiger partial charge >= 0.3 is 6.09 Å². The number of hydrogen-bond donors (Lipinski definition) is 1. The summed E-state index contributed by atoms with van der Waals surface area (Å²) in [7, 11) is 0. The van der Waals surface area contributed by atoms with Crippen molar-refractivity contribution in [1.29, 1.82) is 0 Å². The molecule has 0 bridgehead atoms. The van der Waals surface area contributed by atoms with E-state index < -0.39 is 6.09 Å². The molecule has 0 unspecified atom stereocenters. The molecule has 1 aliphatic rings. The molecule has 4 heteroatoms. The van der Waals surface area contributed by atoms with E-state index in [2.05, 4.69) is 6.58 Å². The second-order valence-corrected chi connectivity index (χ2v) is 2.44. The first-order valence-electron chi connectivity index (χ1n) is 3.64. The van der Waals surface area contributed by atoms with Gasteiger partial charge in [0.05, 0.1) is 6.54 Å². The smallest absolute Gasteiger partial charge is 0.410 e. The molecule has 1 N–H and O–H groups in total. The Kier molecular flexibility index (Phi) is 2.74. The Morgan fingerprint density at radius 1 is 1.92 bits per heavy atom. The zero-order valence-electron chi connectivity index (χ0n) is 6.69. The summed E-state index contributed by atoms with van der Waals surface area (Å²) in [6.45, 7) is 4.28. The van der Waals surface area contributed by atoms with Gasteiger partial charge in [0, 0.05) is 6.54 Å². The van der Waals surface area contributed by atoms with Crippen LogP contribution in [0, 0.1) is 0 Å². The number of rotatable bonds is 2. The standard InChI is InChI=1S/C8H11NO3/c1-2-5-12-8(11)9-4-3-7(10)6-9/h2-3,10H,1,4-6H2. The van der Waals surface area contributed by atoms with Crippen LogP contribution in [0.15, 0.2) is 24.5 Å². The molecule has 0 saturated heterocycles. The molecule has 0 radical (unpaired) electrons. The average Bonchev–Trinajstić information content (AvgIpc) is 2.47. The van der Waals surface area contributed by atoms with Gasteiger partial charge in [-0.2, -0.15) is 0 Å². The topological polar surface area (TPSA) is 49.8 Å². The minimum Gasteiger partial charge on any atom is -0.511 e. The van der Waals surface area contributed by atoms with Crippen molar-refractivity contribution in [2.24, 2.45) is 0 Å². The van der Waals surface area contributed by atoms with Crippen molar-refractivity contribution in [1.82, 2.24) is 4.90 Å². The van der Waals surface area contributed by atoms with Gasteiger partial charge in [0.2, 0.25) is 0 Å². The van der Waals surface area contributed by atoms with E-state index in [0.717, 1.165) is 0 Å². The SMILES string of the molecule is C=CCOC(=O)N1CC=C(O)C1. The van der Waals surface area contributed by atoms with Crippen LogP contribution in [0.5, 0.6) is 0 Å². The quantitative estimate of drug-likeness (QED) is 0.629. The van der Waals surface area contributed by atoms with Crippen LogP contribution in [0.3, 0.4) is 0 Å². The number of aliphatic hydroxyl groups is 1. The summed E-state index contributed by atoms with van der Waals surface area (Å²) in [5, 5.41) is 8.97. The zero-order valence-corrected chi connectivity index (χ0v) is 6.69. The third-order valence-electron chi connectivity index (χ3n) is 1.48. The first-order chi connectivity index (χ1) is 5.74. The predicted molar refractivity (Wildman–Crippen MR) is 43.8 cm³/mol. The second-order valence-electron chi connectivity index (χ2n) is 2.44. The lowest BCUT2D eigenvalue weighted by Gasteiger charge is -2.13.